The van der Waals surface area contributed by atoms with Crippen LogP contribution >= 0.6 is 0 Å². The average Bonchev–Trinajstić information content (AvgIpc) is 2.64. The quantitative estimate of drug-likeness (QED) is 0.793. The molecule has 94 valence electrons. The highest BCUT2D eigenvalue weighted by Crippen LogP contribution is 2.48. The fraction of sp³-hybridized carbons (Fsp3) is 0.412. The van der Waals surface area contributed by atoms with Crippen molar-refractivity contribution in [3.05, 3.63) is 48.0 Å². The lowest BCUT2D eigenvalue weighted by Crippen LogP contribution is -2.34. The van der Waals surface area contributed by atoms with E-state index in [0.29, 0.717) is 5.41 Å². The highest BCUT2D eigenvalue weighted by Gasteiger charge is 2.42. The minimum absolute atomic E-state index is 0.148. The molecule has 0 aliphatic heterocycles. The summed E-state index contributed by atoms with van der Waals surface area (Å²) >= 11 is 0. The maximum Gasteiger partial charge on any atom is 0.0421 e. The molecule has 0 saturated heterocycles. The molecule has 18 heavy (non-hydrogen) atoms. The average molecular weight is 239 g/mol. The molecular weight excluding hydrogens is 218 g/mol. The van der Waals surface area contributed by atoms with E-state index in [0.717, 1.165) is 12.8 Å². The van der Waals surface area contributed by atoms with E-state index >= 15 is 0 Å². The Balaban J connectivity index is 2.15. The number of hydrogen-bond donors (Lipinski definition) is 1. The van der Waals surface area contributed by atoms with Gasteiger partial charge in [0.2, 0.25) is 0 Å². The largest absolute Gasteiger partial charge is 0.321 e. The lowest BCUT2D eigenvalue weighted by atomic mass is 9.82. The molecule has 2 N–H and O–H groups in total. The number of fused-ring (bicyclic) bond motifs is 1. The van der Waals surface area contributed by atoms with Gasteiger partial charge in [0.15, 0.2) is 0 Å². The van der Waals surface area contributed by atoms with Gasteiger partial charge in [-0.1, -0.05) is 56.3 Å². The molecule has 0 bridgehead atoms. The molecule has 1 fully saturated rings. The molecule has 1 atom stereocenters. The van der Waals surface area contributed by atoms with Crippen molar-refractivity contribution in [2.45, 2.75) is 38.6 Å². The molecule has 0 radical (unpaired) electrons. The molecule has 0 aromatic heterocycles. The first-order valence-electron chi connectivity index (χ1n) is 6.77. The Bertz CT molecular complexity index is 580. The summed E-state index contributed by atoms with van der Waals surface area (Å²) in [5.74, 6) is 0. The zero-order valence-electron chi connectivity index (χ0n) is 11.2. The molecule has 0 heterocycles. The maximum atomic E-state index is 6.72. The summed E-state index contributed by atoms with van der Waals surface area (Å²) in [4.78, 5) is 0. The van der Waals surface area contributed by atoms with Crippen molar-refractivity contribution >= 4 is 10.8 Å². The Labute approximate surface area is 109 Å². The molecule has 0 spiro atoms. The minimum Gasteiger partial charge on any atom is -0.321 e. The predicted octanol–water partition coefficient (Wildman–Crippen LogP) is 4.20. The predicted molar refractivity (Wildman–Crippen MR) is 77.4 cm³/mol. The van der Waals surface area contributed by atoms with Crippen molar-refractivity contribution in [3.8, 4) is 0 Å². The third kappa shape index (κ3) is 1.83. The SMILES string of the molecule is CC1(C)CCC(N)(c2cccc3ccccc23)C1. The van der Waals surface area contributed by atoms with Gasteiger partial charge >= 0.3 is 0 Å². The van der Waals surface area contributed by atoms with Crippen LogP contribution in [0.15, 0.2) is 42.5 Å². The van der Waals surface area contributed by atoms with E-state index in [-0.39, 0.29) is 5.54 Å². The van der Waals surface area contributed by atoms with Gasteiger partial charge in [-0.2, -0.15) is 0 Å². The van der Waals surface area contributed by atoms with Crippen LogP contribution in [0.25, 0.3) is 10.8 Å². The lowest BCUT2D eigenvalue weighted by molar-refractivity contribution is 0.341. The van der Waals surface area contributed by atoms with E-state index in [4.69, 9.17) is 5.73 Å². The Hall–Kier alpha value is -1.34. The van der Waals surface area contributed by atoms with E-state index < -0.39 is 0 Å². The minimum atomic E-state index is -0.148. The Morgan fingerprint density at radius 2 is 1.67 bits per heavy atom. The van der Waals surface area contributed by atoms with Gasteiger partial charge < -0.3 is 5.73 Å². The maximum absolute atomic E-state index is 6.72. The smallest absolute Gasteiger partial charge is 0.0421 e. The second-order valence-electron chi connectivity index (χ2n) is 6.52. The molecule has 1 unspecified atom stereocenters. The summed E-state index contributed by atoms with van der Waals surface area (Å²) < 4.78 is 0. The molecule has 1 saturated carbocycles. The summed E-state index contributed by atoms with van der Waals surface area (Å²) in [5, 5.41) is 2.62. The monoisotopic (exact) mass is 239 g/mol. The van der Waals surface area contributed by atoms with Gasteiger partial charge in [0.05, 0.1) is 0 Å². The molecule has 1 nitrogen and oxygen atoms in total. The van der Waals surface area contributed by atoms with Crippen LogP contribution in [-0.4, -0.2) is 0 Å². The van der Waals surface area contributed by atoms with Crippen molar-refractivity contribution in [2.75, 3.05) is 0 Å². The molecule has 1 heteroatoms. The van der Waals surface area contributed by atoms with E-state index in [9.17, 15) is 0 Å². The summed E-state index contributed by atoms with van der Waals surface area (Å²) in [6, 6.07) is 15.1. The van der Waals surface area contributed by atoms with Crippen LogP contribution in [0.3, 0.4) is 0 Å². The first-order chi connectivity index (χ1) is 8.50. The van der Waals surface area contributed by atoms with Crippen molar-refractivity contribution < 1.29 is 0 Å². The Morgan fingerprint density at radius 1 is 0.944 bits per heavy atom. The number of benzene rings is 2. The van der Waals surface area contributed by atoms with Crippen molar-refractivity contribution in [1.29, 1.82) is 0 Å². The van der Waals surface area contributed by atoms with Crippen molar-refractivity contribution in [1.82, 2.24) is 0 Å². The first kappa shape index (κ1) is 11.7. The number of rotatable bonds is 1. The van der Waals surface area contributed by atoms with Crippen LogP contribution in [0.5, 0.6) is 0 Å². The van der Waals surface area contributed by atoms with Crippen LogP contribution in [0.1, 0.15) is 38.7 Å². The number of hydrogen-bond acceptors (Lipinski definition) is 1. The van der Waals surface area contributed by atoms with Gasteiger partial charge in [-0.25, -0.2) is 0 Å². The van der Waals surface area contributed by atoms with Gasteiger partial charge in [-0.05, 0) is 41.0 Å². The van der Waals surface area contributed by atoms with Crippen LogP contribution in [0, 0.1) is 5.41 Å². The topological polar surface area (TPSA) is 26.0 Å². The van der Waals surface area contributed by atoms with Crippen molar-refractivity contribution in [2.24, 2.45) is 11.1 Å². The summed E-state index contributed by atoms with van der Waals surface area (Å²) in [7, 11) is 0. The van der Waals surface area contributed by atoms with Crippen LogP contribution in [0.4, 0.5) is 0 Å². The van der Waals surface area contributed by atoms with Crippen LogP contribution in [0.2, 0.25) is 0 Å². The van der Waals surface area contributed by atoms with E-state index in [2.05, 4.69) is 56.3 Å². The van der Waals surface area contributed by atoms with Crippen LogP contribution < -0.4 is 5.73 Å². The highest BCUT2D eigenvalue weighted by molar-refractivity contribution is 5.86. The zero-order chi connectivity index (χ0) is 12.8. The molecule has 1 aliphatic rings. The van der Waals surface area contributed by atoms with Crippen LogP contribution in [-0.2, 0) is 5.54 Å². The molecule has 1 aliphatic carbocycles. The first-order valence-corrected chi connectivity index (χ1v) is 6.77. The fourth-order valence-electron chi connectivity index (χ4n) is 3.48. The van der Waals surface area contributed by atoms with Gasteiger partial charge in [0.1, 0.15) is 0 Å². The summed E-state index contributed by atoms with van der Waals surface area (Å²) in [6.07, 6.45) is 3.38. The third-order valence-corrected chi connectivity index (χ3v) is 4.37. The van der Waals surface area contributed by atoms with Gasteiger partial charge in [0.25, 0.3) is 0 Å². The van der Waals surface area contributed by atoms with Gasteiger partial charge in [-0.15, -0.1) is 0 Å². The second kappa shape index (κ2) is 3.83. The normalized spacial score (nSPS) is 26.6. The van der Waals surface area contributed by atoms with E-state index in [1.165, 1.54) is 22.8 Å². The highest BCUT2D eigenvalue weighted by atomic mass is 14.8. The van der Waals surface area contributed by atoms with E-state index in [1.54, 1.807) is 0 Å². The lowest BCUT2D eigenvalue weighted by Gasteiger charge is -2.28. The second-order valence-corrected chi connectivity index (χ2v) is 6.52. The Kier molecular flexibility index (Phi) is 2.49. The van der Waals surface area contributed by atoms with Crippen molar-refractivity contribution in [3.63, 3.8) is 0 Å². The zero-order valence-corrected chi connectivity index (χ0v) is 11.2. The number of nitrogens with two attached hydrogens (primary N) is 1. The molecule has 2 aromatic rings. The summed E-state index contributed by atoms with van der Waals surface area (Å²) in [6.45, 7) is 4.65. The standard InChI is InChI=1S/C17H21N/c1-16(2)10-11-17(18,12-16)15-9-5-7-13-6-3-4-8-14(13)15/h3-9H,10-12,18H2,1-2H3. The molecular formula is C17H21N. The van der Waals surface area contributed by atoms with E-state index in [1.807, 2.05) is 0 Å². The molecule has 3 rings (SSSR count). The third-order valence-electron chi connectivity index (χ3n) is 4.37. The fourth-order valence-corrected chi connectivity index (χ4v) is 3.48. The Morgan fingerprint density at radius 3 is 2.39 bits per heavy atom. The molecule has 2 aromatic carbocycles. The van der Waals surface area contributed by atoms with Gasteiger partial charge in [0, 0.05) is 5.54 Å². The molecule has 0 amide bonds. The summed E-state index contributed by atoms with van der Waals surface area (Å²) in [5.41, 5.74) is 8.27. The van der Waals surface area contributed by atoms with Gasteiger partial charge in [-0.3, -0.25) is 0 Å².